The summed E-state index contributed by atoms with van der Waals surface area (Å²) in [5, 5.41) is 25.7. The van der Waals surface area contributed by atoms with Gasteiger partial charge in [-0.05, 0) is 0 Å². The first-order valence-corrected chi connectivity index (χ1v) is 21.4. The van der Waals surface area contributed by atoms with Gasteiger partial charge < -0.3 is 62.4 Å². The lowest BCUT2D eigenvalue weighted by atomic mass is 9.87. The number of thioether (sulfide) groups is 1. The normalized spacial score (nSPS) is 22.2. The number of nitrogen functional groups attached to an aromatic ring is 1. The average molecular weight is 882 g/mol. The lowest BCUT2D eigenvalue weighted by Gasteiger charge is -2.30. The summed E-state index contributed by atoms with van der Waals surface area (Å²) in [5.74, 6) is -2.21. The Morgan fingerprint density at radius 3 is 2.36 bits per heavy atom. The number of nitrogens with one attached hydrogen (secondary N) is 2. The van der Waals surface area contributed by atoms with Gasteiger partial charge in [0.2, 0.25) is 22.8 Å². The zero-order chi connectivity index (χ0) is 42.2. The van der Waals surface area contributed by atoms with Crippen molar-refractivity contribution in [3.63, 3.8) is 0 Å². The molecule has 1 fully saturated rings. The van der Waals surface area contributed by atoms with Crippen LogP contribution in [0.15, 0.2) is 12.7 Å². The molecule has 1 aliphatic heterocycles. The molecule has 2 aromatic heterocycles. The molecule has 14 N–H and O–H groups in total. The Hall–Kier alpha value is -3.01. The van der Waals surface area contributed by atoms with Gasteiger partial charge in [-0.2, -0.15) is 4.31 Å². The van der Waals surface area contributed by atoms with E-state index in [2.05, 4.69) is 34.4 Å². The number of phosphoric ester groups is 3. The average Bonchev–Trinajstić information content (AvgIpc) is 3.64. The number of aliphatic hydroxyl groups excluding tert-OH is 2. The fraction of sp³-hybridized carbons (Fsp3) is 0.640. The molecule has 56 heavy (non-hydrogen) atoms. The van der Waals surface area contributed by atoms with Crippen molar-refractivity contribution in [2.45, 2.75) is 63.4 Å². The third-order valence-corrected chi connectivity index (χ3v) is 11.6. The van der Waals surface area contributed by atoms with Crippen molar-refractivity contribution in [1.82, 2.24) is 30.2 Å². The molecule has 3 heterocycles. The van der Waals surface area contributed by atoms with Crippen LogP contribution in [0.1, 0.15) is 32.9 Å². The SMILES string of the molecule is CC(C)(COP(=O)(O)OP(=O)(O)OCC1OC(n2cnc3c(N)ncnc32)C(O)C1OP(=O)(O)O)C(O)C(=O)NCCC(=O)NCCSC(=O)[C@@H](N)CC(N)=O. The first-order valence-electron chi connectivity index (χ1n) is 15.9. The minimum Gasteiger partial charge on any atom is -0.386 e. The van der Waals surface area contributed by atoms with Gasteiger partial charge in [0.05, 0.1) is 25.6 Å². The third-order valence-electron chi connectivity index (χ3n) is 7.47. The highest BCUT2D eigenvalue weighted by Crippen LogP contribution is 2.61. The highest BCUT2D eigenvalue weighted by atomic mass is 32.2. The predicted molar refractivity (Wildman–Crippen MR) is 189 cm³/mol. The third kappa shape index (κ3) is 14.1. The highest BCUT2D eigenvalue weighted by molar-refractivity contribution is 8.13. The van der Waals surface area contributed by atoms with Crippen LogP contribution in [-0.4, -0.2) is 135 Å². The molecular formula is C25H42N9O18P3S. The van der Waals surface area contributed by atoms with Crippen molar-refractivity contribution >= 4 is 75.0 Å². The van der Waals surface area contributed by atoms with Crippen LogP contribution in [0.25, 0.3) is 11.2 Å². The summed E-state index contributed by atoms with van der Waals surface area (Å²) in [7, 11) is -16.4. The van der Waals surface area contributed by atoms with Crippen LogP contribution < -0.4 is 27.8 Å². The zero-order valence-electron chi connectivity index (χ0n) is 29.4. The topological polar surface area (TPSA) is 433 Å². The smallest absolute Gasteiger partial charge is 0.386 e. The van der Waals surface area contributed by atoms with Gasteiger partial charge in [0, 0.05) is 37.1 Å². The summed E-state index contributed by atoms with van der Waals surface area (Å²) in [6, 6.07) is -1.08. The van der Waals surface area contributed by atoms with E-state index in [1.54, 1.807) is 0 Å². The van der Waals surface area contributed by atoms with Gasteiger partial charge in [-0.25, -0.2) is 28.6 Å². The number of imidazole rings is 1. The second-order valence-corrected chi connectivity index (χ2v) is 17.8. The van der Waals surface area contributed by atoms with E-state index in [1.165, 1.54) is 13.8 Å². The van der Waals surface area contributed by atoms with E-state index in [0.29, 0.717) is 0 Å². The van der Waals surface area contributed by atoms with Crippen LogP contribution in [0.5, 0.6) is 0 Å². The molecule has 8 atom stereocenters. The van der Waals surface area contributed by atoms with Crippen LogP contribution in [0.2, 0.25) is 0 Å². The van der Waals surface area contributed by atoms with Crippen molar-refractivity contribution in [2.75, 3.05) is 37.8 Å². The van der Waals surface area contributed by atoms with Gasteiger partial charge >= 0.3 is 23.5 Å². The summed E-state index contributed by atoms with van der Waals surface area (Å²) in [6.45, 7) is 0.165. The Morgan fingerprint density at radius 1 is 1.05 bits per heavy atom. The van der Waals surface area contributed by atoms with Gasteiger partial charge in [0.15, 0.2) is 17.7 Å². The van der Waals surface area contributed by atoms with Crippen LogP contribution in [0, 0.1) is 5.41 Å². The number of hydrogen-bond acceptors (Lipinski definition) is 20. The lowest BCUT2D eigenvalue weighted by Crippen LogP contribution is -2.46. The fourth-order valence-electron chi connectivity index (χ4n) is 4.69. The number of nitrogens with two attached hydrogens (primary N) is 3. The number of rotatable bonds is 22. The number of fused-ring (bicyclic) bond motifs is 1. The molecule has 2 aromatic rings. The maximum Gasteiger partial charge on any atom is 0.481 e. The minimum atomic E-state index is -5.59. The van der Waals surface area contributed by atoms with Crippen molar-refractivity contribution in [3.05, 3.63) is 12.7 Å². The summed E-state index contributed by atoms with van der Waals surface area (Å²) < 4.78 is 61.9. The molecule has 0 aromatic carbocycles. The molecule has 0 saturated carbocycles. The Bertz CT molecular complexity index is 1880. The monoisotopic (exact) mass is 881 g/mol. The molecule has 0 radical (unpaired) electrons. The summed E-state index contributed by atoms with van der Waals surface area (Å²) >= 11 is 0.788. The molecule has 316 valence electrons. The predicted octanol–water partition coefficient (Wildman–Crippen LogP) is -3.13. The van der Waals surface area contributed by atoms with Crippen LogP contribution in [0.4, 0.5) is 5.82 Å². The standard InChI is InChI=1S/C25H42N9O18P3S/c1-25(2,19(38)22(39)30-4-3-15(36)29-5-6-56-24(40)12(26)7-14(27)35)9-49-55(46,47)52-54(44,45)48-8-13-18(51-53(41,42)43)17(37)23(50-13)34-11-33-16-20(28)31-10-32-21(16)34/h10-13,17-19,23,37-38H,3-9,26H2,1-2H3,(H2,27,35)(H,29,36)(H,30,39)(H,44,45)(H,46,47)(H2,28,31,32)(H2,41,42,43)/t12-,13?,17?,18?,19?,23?/m0/s1. The number of ether oxygens (including phenoxy) is 1. The highest BCUT2D eigenvalue weighted by Gasteiger charge is 2.50. The van der Waals surface area contributed by atoms with Gasteiger partial charge in [0.1, 0.15) is 36.3 Å². The first-order chi connectivity index (χ1) is 25.8. The lowest BCUT2D eigenvalue weighted by molar-refractivity contribution is -0.137. The van der Waals surface area contributed by atoms with Gasteiger partial charge in [0.25, 0.3) is 0 Å². The number of aromatic nitrogens is 4. The number of primary amides is 1. The minimum absolute atomic E-state index is 0.0191. The van der Waals surface area contributed by atoms with Gasteiger partial charge in [-0.15, -0.1) is 0 Å². The zero-order valence-corrected chi connectivity index (χ0v) is 32.9. The van der Waals surface area contributed by atoms with E-state index in [1.807, 2.05) is 0 Å². The molecule has 0 spiro atoms. The number of nitrogens with zero attached hydrogens (tertiary/aromatic N) is 4. The largest absolute Gasteiger partial charge is 0.481 e. The number of amides is 3. The Kier molecular flexibility index (Phi) is 16.6. The van der Waals surface area contributed by atoms with E-state index in [9.17, 15) is 62.7 Å². The molecule has 7 unspecified atom stereocenters. The Balaban J connectivity index is 1.49. The van der Waals surface area contributed by atoms with Gasteiger partial charge in [-0.3, -0.25) is 37.3 Å². The van der Waals surface area contributed by atoms with E-state index in [4.69, 9.17) is 31.0 Å². The molecule has 3 rings (SSSR count). The second kappa shape index (κ2) is 19.6. The van der Waals surface area contributed by atoms with Crippen LogP contribution in [0.3, 0.4) is 0 Å². The molecular weight excluding hydrogens is 839 g/mol. The van der Waals surface area contributed by atoms with Crippen LogP contribution >= 0.6 is 35.2 Å². The van der Waals surface area contributed by atoms with Crippen molar-refractivity contribution in [1.29, 1.82) is 0 Å². The van der Waals surface area contributed by atoms with Crippen LogP contribution in [-0.2, 0) is 55.5 Å². The molecule has 27 nitrogen and oxygen atoms in total. The fourth-order valence-corrected chi connectivity index (χ4v) is 8.22. The number of carbonyl (C=O) groups is 4. The molecule has 0 bridgehead atoms. The molecule has 1 aliphatic rings. The molecule has 31 heteroatoms. The van der Waals surface area contributed by atoms with E-state index >= 15 is 0 Å². The van der Waals surface area contributed by atoms with Crippen molar-refractivity contribution in [2.24, 2.45) is 16.9 Å². The number of hydrogen-bond donors (Lipinski definition) is 11. The number of carbonyl (C=O) groups excluding carboxylic acids is 4. The van der Waals surface area contributed by atoms with E-state index in [-0.39, 0.29) is 48.7 Å². The molecule has 3 amide bonds. The summed E-state index contributed by atoms with van der Waals surface area (Å²) in [5.41, 5.74) is 14.7. The second-order valence-electron chi connectivity index (χ2n) is 12.5. The molecule has 1 saturated heterocycles. The quantitative estimate of drug-likeness (QED) is 0.0411. The van der Waals surface area contributed by atoms with Crippen molar-refractivity contribution < 1.29 is 85.3 Å². The maximum absolute atomic E-state index is 12.7. The first kappa shape index (κ1) is 47.4. The molecule has 0 aliphatic carbocycles. The Morgan fingerprint density at radius 2 is 1.71 bits per heavy atom. The number of phosphoric acid groups is 3. The Labute approximate surface area is 320 Å². The summed E-state index contributed by atoms with van der Waals surface area (Å²) in [6.07, 6.45) is -7.43. The maximum atomic E-state index is 12.7. The number of aliphatic hydroxyl groups is 2. The number of anilines is 1. The van der Waals surface area contributed by atoms with Crippen molar-refractivity contribution in [3.8, 4) is 0 Å². The van der Waals surface area contributed by atoms with Gasteiger partial charge in [-0.1, -0.05) is 25.6 Å². The van der Waals surface area contributed by atoms with E-state index in [0.717, 1.165) is 29.0 Å². The summed E-state index contributed by atoms with van der Waals surface area (Å²) in [4.78, 5) is 98.1. The van der Waals surface area contributed by atoms with E-state index < -0.39 is 102 Å².